The van der Waals surface area contributed by atoms with Crippen LogP contribution in [0.3, 0.4) is 0 Å². The van der Waals surface area contributed by atoms with E-state index in [0.717, 1.165) is 19.3 Å². The van der Waals surface area contributed by atoms with Crippen LogP contribution in [0.1, 0.15) is 52.4 Å². The molecule has 0 bridgehead atoms. The van der Waals surface area contributed by atoms with E-state index >= 15 is 0 Å². The van der Waals surface area contributed by atoms with Crippen LogP contribution < -0.4 is 0 Å². The Morgan fingerprint density at radius 3 is 2.65 bits per heavy atom. The topological polar surface area (TPSA) is 88.1 Å². The fraction of sp³-hybridized carbons (Fsp3) is 0.737. The number of hydrogen-bond donors (Lipinski definition) is 0. The summed E-state index contributed by atoms with van der Waals surface area (Å²) in [5.74, 6) is -1.56. The van der Waals surface area contributed by atoms with Gasteiger partial charge in [-0.1, -0.05) is 12.5 Å². The number of hydrogen-bond acceptors (Lipinski definition) is 7. The molecule has 2 fully saturated rings. The Morgan fingerprint density at radius 2 is 2.00 bits per heavy atom. The van der Waals surface area contributed by atoms with Crippen LogP contribution in [0.15, 0.2) is 12.7 Å². The summed E-state index contributed by atoms with van der Waals surface area (Å²) < 4.78 is 21.8. The molecular weight excluding hydrogens is 340 g/mol. The minimum atomic E-state index is -1.05. The molecule has 1 aliphatic carbocycles. The second kappa shape index (κ2) is 9.28. The van der Waals surface area contributed by atoms with Crippen molar-refractivity contribution in [3.8, 4) is 0 Å². The highest BCUT2D eigenvalue weighted by molar-refractivity contribution is 5.83. The molecule has 1 heterocycles. The van der Waals surface area contributed by atoms with Crippen molar-refractivity contribution >= 4 is 17.7 Å². The summed E-state index contributed by atoms with van der Waals surface area (Å²) in [5, 5.41) is 0. The molecule has 0 aromatic rings. The van der Waals surface area contributed by atoms with Gasteiger partial charge in [0.25, 0.3) is 0 Å². The van der Waals surface area contributed by atoms with E-state index in [2.05, 4.69) is 6.58 Å². The van der Waals surface area contributed by atoms with Crippen LogP contribution in [0.4, 0.5) is 0 Å². The van der Waals surface area contributed by atoms with E-state index in [-0.39, 0.29) is 5.78 Å². The van der Waals surface area contributed by atoms with Crippen molar-refractivity contribution in [2.45, 2.75) is 65.0 Å². The SMILES string of the molecule is C=CCOCC[C@@]12CCCCC(=O)[C@@H]1[C@H](OC(C)=O)O[C@@H](OC(C)=O)C2. The van der Waals surface area contributed by atoms with Crippen molar-refractivity contribution in [1.82, 2.24) is 0 Å². The van der Waals surface area contributed by atoms with Crippen LogP contribution in [0.25, 0.3) is 0 Å². The molecule has 7 nitrogen and oxygen atoms in total. The Morgan fingerprint density at radius 1 is 1.27 bits per heavy atom. The highest BCUT2D eigenvalue weighted by Gasteiger charge is 2.55. The molecule has 0 radical (unpaired) electrons. The van der Waals surface area contributed by atoms with Crippen LogP contribution in [0.5, 0.6) is 0 Å². The van der Waals surface area contributed by atoms with Crippen LogP contribution in [-0.4, -0.2) is 43.5 Å². The second-order valence-electron chi connectivity index (χ2n) is 6.98. The van der Waals surface area contributed by atoms with Crippen molar-refractivity contribution in [1.29, 1.82) is 0 Å². The van der Waals surface area contributed by atoms with E-state index in [1.165, 1.54) is 13.8 Å². The zero-order valence-corrected chi connectivity index (χ0v) is 15.5. The van der Waals surface area contributed by atoms with Crippen LogP contribution in [0.2, 0.25) is 0 Å². The Hall–Kier alpha value is -1.73. The Kier molecular flexibility index (Phi) is 7.34. The quantitative estimate of drug-likeness (QED) is 0.387. The number of ketones is 1. The Bertz CT molecular complexity index is 544. The predicted octanol–water partition coefficient (Wildman–Crippen LogP) is 2.52. The van der Waals surface area contributed by atoms with Crippen molar-refractivity contribution in [2.75, 3.05) is 13.2 Å². The number of rotatable bonds is 7. The molecule has 4 atom stereocenters. The number of fused-ring (bicyclic) bond motifs is 1. The molecule has 1 saturated heterocycles. The van der Waals surface area contributed by atoms with Crippen molar-refractivity contribution in [3.05, 3.63) is 12.7 Å². The largest absolute Gasteiger partial charge is 0.436 e. The first-order valence-electron chi connectivity index (χ1n) is 9.09. The molecule has 2 aliphatic rings. The molecule has 7 heteroatoms. The molecule has 1 saturated carbocycles. The standard InChI is InChI=1S/C19H28O7/c1-4-10-23-11-9-19-8-6-5-7-15(22)17(19)18(25-14(3)21)26-16(12-19)24-13(2)20/h4,16-18H,1,5-12H2,2-3H3/t16-,17-,18-,19-/m1/s1. The monoisotopic (exact) mass is 368 g/mol. The molecule has 146 valence electrons. The maximum Gasteiger partial charge on any atom is 0.304 e. The van der Waals surface area contributed by atoms with E-state index in [4.69, 9.17) is 18.9 Å². The lowest BCUT2D eigenvalue weighted by Crippen LogP contribution is -2.54. The first-order chi connectivity index (χ1) is 12.4. The molecule has 0 aromatic heterocycles. The zero-order valence-electron chi connectivity index (χ0n) is 15.5. The summed E-state index contributed by atoms with van der Waals surface area (Å²) in [4.78, 5) is 35.8. The average molecular weight is 368 g/mol. The molecule has 0 aromatic carbocycles. The Labute approximate surface area is 154 Å². The highest BCUT2D eigenvalue weighted by Crippen LogP contribution is 2.51. The van der Waals surface area contributed by atoms with Gasteiger partial charge in [0, 0.05) is 33.3 Å². The van der Waals surface area contributed by atoms with Gasteiger partial charge < -0.3 is 18.9 Å². The van der Waals surface area contributed by atoms with E-state index in [9.17, 15) is 14.4 Å². The van der Waals surface area contributed by atoms with E-state index in [1.54, 1.807) is 6.08 Å². The second-order valence-corrected chi connectivity index (χ2v) is 6.98. The van der Waals surface area contributed by atoms with E-state index < -0.39 is 35.9 Å². The van der Waals surface area contributed by atoms with Gasteiger partial charge in [-0.15, -0.1) is 6.58 Å². The molecule has 0 spiro atoms. The zero-order chi connectivity index (χ0) is 19.2. The number of carbonyl (C=O) groups excluding carboxylic acids is 3. The van der Waals surface area contributed by atoms with Crippen LogP contribution in [-0.2, 0) is 33.3 Å². The minimum Gasteiger partial charge on any atom is -0.436 e. The number of esters is 2. The number of carbonyl (C=O) groups is 3. The third-order valence-electron chi connectivity index (χ3n) is 5.05. The lowest BCUT2D eigenvalue weighted by atomic mass is 9.65. The van der Waals surface area contributed by atoms with Crippen molar-refractivity contribution in [2.24, 2.45) is 11.3 Å². The summed E-state index contributed by atoms with van der Waals surface area (Å²) in [5.41, 5.74) is -0.493. The molecule has 26 heavy (non-hydrogen) atoms. The summed E-state index contributed by atoms with van der Waals surface area (Å²) in [6.45, 7) is 7.06. The normalized spacial score (nSPS) is 31.5. The highest BCUT2D eigenvalue weighted by atomic mass is 16.8. The maximum absolute atomic E-state index is 12.8. The van der Waals surface area contributed by atoms with E-state index in [1.807, 2.05) is 0 Å². The fourth-order valence-electron chi connectivity index (χ4n) is 4.05. The first-order valence-corrected chi connectivity index (χ1v) is 9.09. The van der Waals surface area contributed by atoms with Crippen LogP contribution >= 0.6 is 0 Å². The molecule has 0 unspecified atom stereocenters. The first kappa shape index (κ1) is 20.6. The summed E-state index contributed by atoms with van der Waals surface area (Å²) in [6.07, 6.45) is 3.61. The molecule has 2 rings (SSSR count). The van der Waals surface area contributed by atoms with Gasteiger partial charge in [-0.25, -0.2) is 0 Å². The molecular formula is C19H28O7. The van der Waals surface area contributed by atoms with Gasteiger partial charge in [0.15, 0.2) is 0 Å². The maximum atomic E-state index is 12.8. The average Bonchev–Trinajstić information content (AvgIpc) is 2.70. The van der Waals surface area contributed by atoms with Gasteiger partial charge in [0.05, 0.1) is 12.5 Å². The smallest absolute Gasteiger partial charge is 0.304 e. The number of Topliss-reactive ketones (excluding diaryl/α,β-unsaturated/α-hetero) is 1. The summed E-state index contributed by atoms with van der Waals surface area (Å²) in [6, 6.07) is 0. The van der Waals surface area contributed by atoms with E-state index in [0.29, 0.717) is 32.5 Å². The summed E-state index contributed by atoms with van der Waals surface area (Å²) in [7, 11) is 0. The molecule has 1 aliphatic heterocycles. The summed E-state index contributed by atoms with van der Waals surface area (Å²) >= 11 is 0. The third kappa shape index (κ3) is 5.14. The lowest BCUT2D eigenvalue weighted by molar-refractivity contribution is -0.294. The van der Waals surface area contributed by atoms with Crippen LogP contribution in [0, 0.1) is 11.3 Å². The van der Waals surface area contributed by atoms with Gasteiger partial charge in [0.2, 0.25) is 12.6 Å². The van der Waals surface area contributed by atoms with Gasteiger partial charge in [0.1, 0.15) is 5.78 Å². The third-order valence-corrected chi connectivity index (χ3v) is 5.05. The minimum absolute atomic E-state index is 0.0266. The lowest BCUT2D eigenvalue weighted by Gasteiger charge is -2.48. The van der Waals surface area contributed by atoms with Gasteiger partial charge in [-0.2, -0.15) is 0 Å². The molecule has 0 amide bonds. The predicted molar refractivity (Wildman–Crippen MR) is 91.8 cm³/mol. The fourth-order valence-corrected chi connectivity index (χ4v) is 4.05. The molecule has 0 N–H and O–H groups in total. The van der Waals surface area contributed by atoms with Gasteiger partial charge >= 0.3 is 11.9 Å². The van der Waals surface area contributed by atoms with Gasteiger partial charge in [-0.3, -0.25) is 14.4 Å². The van der Waals surface area contributed by atoms with Crippen molar-refractivity contribution < 1.29 is 33.3 Å². The number of ether oxygens (including phenoxy) is 4. The van der Waals surface area contributed by atoms with Crippen molar-refractivity contribution in [3.63, 3.8) is 0 Å². The Balaban J connectivity index is 2.31. The van der Waals surface area contributed by atoms with Gasteiger partial charge in [-0.05, 0) is 24.7 Å².